The fraction of sp³-hybridized carbons (Fsp3) is 0.800. The largest absolute Gasteiger partial charge is 0.480 e. The van der Waals surface area contributed by atoms with E-state index >= 15 is 0 Å². The molecule has 2 atom stereocenters. The molecular weight excluding hydrogens is 198 g/mol. The molecule has 0 amide bonds. The zero-order chi connectivity index (χ0) is 11.4. The Morgan fingerprint density at radius 2 is 1.73 bits per heavy atom. The van der Waals surface area contributed by atoms with Crippen molar-refractivity contribution in [1.29, 1.82) is 0 Å². The number of hydrogen-bond acceptors (Lipinski definition) is 3. The van der Waals surface area contributed by atoms with Gasteiger partial charge in [0.1, 0.15) is 0 Å². The average Bonchev–Trinajstić information content (AvgIpc) is 2.48. The summed E-state index contributed by atoms with van der Waals surface area (Å²) in [5, 5.41) is 17.4. The normalized spacial score (nSPS) is 25.7. The van der Waals surface area contributed by atoms with Gasteiger partial charge in [0, 0.05) is 6.04 Å². The highest BCUT2D eigenvalue weighted by molar-refractivity contribution is 5.72. The van der Waals surface area contributed by atoms with Gasteiger partial charge in [-0.15, -0.1) is 0 Å². The summed E-state index contributed by atoms with van der Waals surface area (Å²) in [5.41, 5.74) is 0. The van der Waals surface area contributed by atoms with E-state index in [2.05, 4.69) is 0 Å². The fourth-order valence-electron chi connectivity index (χ4n) is 2.31. The van der Waals surface area contributed by atoms with E-state index in [4.69, 9.17) is 10.2 Å². The summed E-state index contributed by atoms with van der Waals surface area (Å²) < 4.78 is 0. The Bertz CT molecular complexity index is 238. The Morgan fingerprint density at radius 1 is 1.20 bits per heavy atom. The number of carbonyl (C=O) groups is 2. The van der Waals surface area contributed by atoms with Crippen molar-refractivity contribution >= 4 is 11.9 Å². The number of hydrogen-bond donors (Lipinski definition) is 2. The van der Waals surface area contributed by atoms with Crippen molar-refractivity contribution in [2.75, 3.05) is 13.1 Å². The topological polar surface area (TPSA) is 77.8 Å². The summed E-state index contributed by atoms with van der Waals surface area (Å²) in [6, 6.07) is 0.109. The molecule has 5 heteroatoms. The molecule has 1 aliphatic rings. The zero-order valence-electron chi connectivity index (χ0n) is 8.85. The maximum absolute atomic E-state index is 10.6. The van der Waals surface area contributed by atoms with Gasteiger partial charge in [-0.1, -0.05) is 13.3 Å². The Hall–Kier alpha value is -1.10. The molecule has 0 aromatic carbocycles. The first-order valence-electron chi connectivity index (χ1n) is 5.18. The highest BCUT2D eigenvalue weighted by atomic mass is 16.4. The van der Waals surface area contributed by atoms with Gasteiger partial charge in [0.25, 0.3) is 0 Å². The van der Waals surface area contributed by atoms with Crippen LogP contribution in [0.2, 0.25) is 0 Å². The predicted octanol–water partition coefficient (Wildman–Crippen LogP) is 0.646. The molecule has 0 aromatic rings. The monoisotopic (exact) mass is 215 g/mol. The molecule has 0 spiro atoms. The van der Waals surface area contributed by atoms with Gasteiger partial charge >= 0.3 is 11.9 Å². The summed E-state index contributed by atoms with van der Waals surface area (Å²) in [6.07, 6.45) is 3.02. The van der Waals surface area contributed by atoms with E-state index in [-0.39, 0.29) is 19.1 Å². The van der Waals surface area contributed by atoms with E-state index in [1.807, 2.05) is 6.92 Å². The summed E-state index contributed by atoms with van der Waals surface area (Å²) in [5.74, 6) is -1.53. The van der Waals surface area contributed by atoms with Gasteiger partial charge in [-0.05, 0) is 18.8 Å². The molecule has 0 saturated heterocycles. The second-order valence-corrected chi connectivity index (χ2v) is 4.17. The molecule has 1 saturated carbocycles. The van der Waals surface area contributed by atoms with Gasteiger partial charge in [0.05, 0.1) is 13.1 Å². The first-order valence-corrected chi connectivity index (χ1v) is 5.18. The number of carboxylic acids is 2. The van der Waals surface area contributed by atoms with Crippen LogP contribution in [0.25, 0.3) is 0 Å². The molecule has 86 valence electrons. The number of aliphatic carboxylic acids is 2. The smallest absolute Gasteiger partial charge is 0.317 e. The van der Waals surface area contributed by atoms with Crippen LogP contribution in [0.3, 0.4) is 0 Å². The van der Waals surface area contributed by atoms with Crippen molar-refractivity contribution < 1.29 is 19.8 Å². The first-order chi connectivity index (χ1) is 7.00. The third-order valence-electron chi connectivity index (χ3n) is 2.96. The van der Waals surface area contributed by atoms with Crippen LogP contribution in [-0.2, 0) is 9.59 Å². The third-order valence-corrected chi connectivity index (χ3v) is 2.96. The number of rotatable bonds is 5. The first kappa shape index (κ1) is 12.0. The Kier molecular flexibility index (Phi) is 4.08. The maximum atomic E-state index is 10.6. The van der Waals surface area contributed by atoms with Crippen LogP contribution in [0.1, 0.15) is 26.2 Å². The second kappa shape index (κ2) is 5.11. The number of carboxylic acid groups (broad SMARTS) is 2. The van der Waals surface area contributed by atoms with Crippen molar-refractivity contribution in [3.63, 3.8) is 0 Å². The summed E-state index contributed by atoms with van der Waals surface area (Å²) in [7, 11) is 0. The van der Waals surface area contributed by atoms with Crippen molar-refractivity contribution in [2.24, 2.45) is 5.92 Å². The summed E-state index contributed by atoms with van der Waals surface area (Å²) in [4.78, 5) is 22.8. The van der Waals surface area contributed by atoms with E-state index < -0.39 is 11.9 Å². The Morgan fingerprint density at radius 3 is 2.07 bits per heavy atom. The van der Waals surface area contributed by atoms with Crippen molar-refractivity contribution in [2.45, 2.75) is 32.2 Å². The lowest BCUT2D eigenvalue weighted by Crippen LogP contribution is -2.43. The lowest BCUT2D eigenvalue weighted by Gasteiger charge is -2.28. The summed E-state index contributed by atoms with van der Waals surface area (Å²) in [6.45, 7) is 1.69. The van der Waals surface area contributed by atoms with Crippen molar-refractivity contribution in [1.82, 2.24) is 4.90 Å². The minimum atomic E-state index is -0.963. The van der Waals surface area contributed by atoms with Gasteiger partial charge in [-0.3, -0.25) is 14.5 Å². The van der Waals surface area contributed by atoms with Crippen molar-refractivity contribution in [3.05, 3.63) is 0 Å². The van der Waals surface area contributed by atoms with E-state index in [0.717, 1.165) is 19.3 Å². The highest BCUT2D eigenvalue weighted by Gasteiger charge is 2.31. The molecule has 15 heavy (non-hydrogen) atoms. The lowest BCUT2D eigenvalue weighted by atomic mass is 10.0. The highest BCUT2D eigenvalue weighted by Crippen LogP contribution is 2.29. The SMILES string of the molecule is CC1CCCC1N(CC(=O)O)CC(=O)O. The van der Waals surface area contributed by atoms with Crippen LogP contribution in [0.15, 0.2) is 0 Å². The average molecular weight is 215 g/mol. The van der Waals surface area contributed by atoms with Gasteiger partial charge in [0.2, 0.25) is 0 Å². The molecule has 5 nitrogen and oxygen atoms in total. The molecule has 0 aliphatic heterocycles. The molecule has 1 fully saturated rings. The van der Waals surface area contributed by atoms with Crippen LogP contribution in [0.4, 0.5) is 0 Å². The van der Waals surface area contributed by atoms with E-state index in [0.29, 0.717) is 5.92 Å². The lowest BCUT2D eigenvalue weighted by molar-refractivity contribution is -0.143. The molecule has 1 aliphatic carbocycles. The molecule has 2 N–H and O–H groups in total. The van der Waals surface area contributed by atoms with Crippen LogP contribution in [0, 0.1) is 5.92 Å². The molecule has 0 aromatic heterocycles. The summed E-state index contributed by atoms with van der Waals surface area (Å²) >= 11 is 0. The molecule has 0 bridgehead atoms. The maximum Gasteiger partial charge on any atom is 0.317 e. The predicted molar refractivity (Wildman–Crippen MR) is 53.6 cm³/mol. The minimum absolute atomic E-state index is 0.109. The van der Waals surface area contributed by atoms with Gasteiger partial charge in [0.15, 0.2) is 0 Å². The van der Waals surface area contributed by atoms with Crippen LogP contribution in [0.5, 0.6) is 0 Å². The fourth-order valence-corrected chi connectivity index (χ4v) is 2.31. The Labute approximate surface area is 88.7 Å². The van der Waals surface area contributed by atoms with Crippen molar-refractivity contribution in [3.8, 4) is 0 Å². The molecule has 2 unspecified atom stereocenters. The second-order valence-electron chi connectivity index (χ2n) is 4.17. The molecular formula is C10H17NO4. The number of nitrogens with zero attached hydrogens (tertiary/aromatic N) is 1. The standard InChI is InChI=1S/C10H17NO4/c1-7-3-2-4-8(7)11(5-9(12)13)6-10(14)15/h7-8H,2-6H2,1H3,(H,12,13)(H,14,15). The van der Waals surface area contributed by atoms with Gasteiger partial charge < -0.3 is 10.2 Å². The van der Waals surface area contributed by atoms with E-state index in [9.17, 15) is 9.59 Å². The minimum Gasteiger partial charge on any atom is -0.480 e. The van der Waals surface area contributed by atoms with Gasteiger partial charge in [-0.2, -0.15) is 0 Å². The molecule has 1 rings (SSSR count). The quantitative estimate of drug-likeness (QED) is 0.704. The Balaban J connectivity index is 2.61. The molecule has 0 radical (unpaired) electrons. The zero-order valence-corrected chi connectivity index (χ0v) is 8.85. The van der Waals surface area contributed by atoms with Crippen LogP contribution >= 0.6 is 0 Å². The van der Waals surface area contributed by atoms with E-state index in [1.54, 1.807) is 4.90 Å². The third kappa shape index (κ3) is 3.51. The molecule has 0 heterocycles. The van der Waals surface area contributed by atoms with Gasteiger partial charge in [-0.25, -0.2) is 0 Å². The van der Waals surface area contributed by atoms with E-state index in [1.165, 1.54) is 0 Å². The van der Waals surface area contributed by atoms with Crippen LogP contribution in [-0.4, -0.2) is 46.2 Å². The van der Waals surface area contributed by atoms with Crippen LogP contribution < -0.4 is 0 Å².